The minimum atomic E-state index is -1.38. The molecule has 108 valence electrons. The van der Waals surface area contributed by atoms with E-state index >= 15 is 0 Å². The maximum Gasteiger partial charge on any atom is 0.271 e. The molecule has 0 spiro atoms. The second kappa shape index (κ2) is 5.51. The van der Waals surface area contributed by atoms with Crippen LogP contribution in [0.5, 0.6) is 0 Å². The summed E-state index contributed by atoms with van der Waals surface area (Å²) >= 11 is 0. The Bertz CT molecular complexity index is 553. The van der Waals surface area contributed by atoms with E-state index < -0.39 is 37.1 Å². The third-order valence-electron chi connectivity index (χ3n) is 2.92. The van der Waals surface area contributed by atoms with Gasteiger partial charge in [-0.25, -0.2) is 0 Å². The van der Waals surface area contributed by atoms with E-state index in [9.17, 15) is 15.0 Å². The third-order valence-corrected chi connectivity index (χ3v) is 2.92. The highest BCUT2D eigenvalue weighted by Crippen LogP contribution is 2.28. The van der Waals surface area contributed by atoms with Crippen LogP contribution in [-0.2, 0) is 11.2 Å². The molecule has 2 heterocycles. The summed E-state index contributed by atoms with van der Waals surface area (Å²) in [6.07, 6.45) is -5.04. The van der Waals surface area contributed by atoms with Crippen LogP contribution in [-0.4, -0.2) is 61.1 Å². The smallest absolute Gasteiger partial charge is 0.271 e. The molecular formula is C10H13N5O5. The number of hydrogen-bond acceptors (Lipinski definition) is 8. The largest absolute Gasteiger partial charge is 0.394 e. The molecular weight excluding hydrogens is 270 g/mol. The number of carbonyl (C=O) groups is 1. The summed E-state index contributed by atoms with van der Waals surface area (Å²) in [6.45, 7) is -0.496. The standard InChI is InChI=1S/C10H13N5O5/c11-2-1-4-6(9(12)19)14-15(13-4)10-8(18)7(17)5(3-16)20-10/h5,7-8,10,16-18H,1,3H2,(H2,12,19). The Kier molecular flexibility index (Phi) is 3.96. The molecule has 0 aromatic carbocycles. The average molecular weight is 283 g/mol. The SMILES string of the molecule is N#CCc1nn(C2OC(CO)C(O)C2O)nc1C(N)=O. The highest BCUT2D eigenvalue weighted by atomic mass is 16.6. The number of aromatic nitrogens is 3. The molecule has 1 saturated heterocycles. The second-order valence-electron chi connectivity index (χ2n) is 4.24. The molecule has 20 heavy (non-hydrogen) atoms. The summed E-state index contributed by atoms with van der Waals surface area (Å²) in [5.41, 5.74) is 4.96. The van der Waals surface area contributed by atoms with Gasteiger partial charge in [-0.15, -0.1) is 5.10 Å². The second-order valence-corrected chi connectivity index (χ2v) is 4.24. The van der Waals surface area contributed by atoms with Gasteiger partial charge in [-0.2, -0.15) is 15.2 Å². The van der Waals surface area contributed by atoms with Crippen molar-refractivity contribution in [3.8, 4) is 6.07 Å². The Balaban J connectivity index is 2.32. The molecule has 10 nitrogen and oxygen atoms in total. The van der Waals surface area contributed by atoms with E-state index in [1.54, 1.807) is 6.07 Å². The van der Waals surface area contributed by atoms with Crippen molar-refractivity contribution < 1.29 is 24.9 Å². The molecule has 0 radical (unpaired) electrons. The van der Waals surface area contributed by atoms with Gasteiger partial charge in [0, 0.05) is 0 Å². The van der Waals surface area contributed by atoms with Gasteiger partial charge < -0.3 is 25.8 Å². The molecule has 0 bridgehead atoms. The minimum Gasteiger partial charge on any atom is -0.394 e. The Labute approximate surface area is 113 Å². The van der Waals surface area contributed by atoms with Crippen LogP contribution >= 0.6 is 0 Å². The molecule has 0 saturated carbocycles. The van der Waals surface area contributed by atoms with Crippen molar-refractivity contribution in [2.45, 2.75) is 31.0 Å². The van der Waals surface area contributed by atoms with Crippen molar-refractivity contribution in [1.82, 2.24) is 15.0 Å². The van der Waals surface area contributed by atoms with Gasteiger partial charge in [-0.1, -0.05) is 0 Å². The number of nitriles is 1. The zero-order valence-electron chi connectivity index (χ0n) is 10.2. The normalized spacial score (nSPS) is 29.3. The summed E-state index contributed by atoms with van der Waals surface area (Å²) in [4.78, 5) is 12.1. The fourth-order valence-electron chi connectivity index (χ4n) is 1.92. The molecule has 5 N–H and O–H groups in total. The number of hydrogen-bond donors (Lipinski definition) is 4. The Morgan fingerprint density at radius 1 is 1.45 bits per heavy atom. The first-order valence-electron chi connectivity index (χ1n) is 5.74. The third kappa shape index (κ3) is 2.35. The average Bonchev–Trinajstić information content (AvgIpc) is 2.94. The van der Waals surface area contributed by atoms with Crippen molar-refractivity contribution >= 4 is 5.91 Å². The van der Waals surface area contributed by atoms with Crippen molar-refractivity contribution in [2.75, 3.05) is 6.61 Å². The van der Waals surface area contributed by atoms with Gasteiger partial charge >= 0.3 is 0 Å². The minimum absolute atomic E-state index is 0.0535. The van der Waals surface area contributed by atoms with Gasteiger partial charge in [0.2, 0.25) is 0 Å². The molecule has 2 rings (SSSR count). The van der Waals surface area contributed by atoms with Crippen molar-refractivity contribution in [1.29, 1.82) is 5.26 Å². The number of aliphatic hydroxyl groups excluding tert-OH is 3. The first-order chi connectivity index (χ1) is 9.49. The molecule has 1 aromatic rings. The molecule has 0 aliphatic carbocycles. The highest BCUT2D eigenvalue weighted by molar-refractivity contribution is 5.91. The fourth-order valence-corrected chi connectivity index (χ4v) is 1.92. The lowest BCUT2D eigenvalue weighted by molar-refractivity contribution is -0.0657. The number of amides is 1. The lowest BCUT2D eigenvalue weighted by Gasteiger charge is -2.12. The molecule has 1 aromatic heterocycles. The van der Waals surface area contributed by atoms with Crippen LogP contribution in [0.1, 0.15) is 22.4 Å². The summed E-state index contributed by atoms with van der Waals surface area (Å²) in [6, 6.07) is 1.81. The van der Waals surface area contributed by atoms with Gasteiger partial charge in [0.25, 0.3) is 5.91 Å². The van der Waals surface area contributed by atoms with Gasteiger partial charge in [0.05, 0.1) is 19.1 Å². The quantitative estimate of drug-likeness (QED) is 0.455. The van der Waals surface area contributed by atoms with Crippen LogP contribution in [0.4, 0.5) is 0 Å². The fraction of sp³-hybridized carbons (Fsp3) is 0.600. The Hall–Kier alpha value is -2.06. The summed E-state index contributed by atoms with van der Waals surface area (Å²) in [7, 11) is 0. The lowest BCUT2D eigenvalue weighted by Crippen LogP contribution is -2.33. The first-order valence-corrected chi connectivity index (χ1v) is 5.74. The predicted molar refractivity (Wildman–Crippen MR) is 60.9 cm³/mol. The van der Waals surface area contributed by atoms with E-state index in [-0.39, 0.29) is 17.8 Å². The number of carbonyl (C=O) groups excluding carboxylic acids is 1. The van der Waals surface area contributed by atoms with Crippen molar-refractivity contribution in [2.24, 2.45) is 5.73 Å². The van der Waals surface area contributed by atoms with E-state index in [1.807, 2.05) is 0 Å². The Morgan fingerprint density at radius 3 is 2.65 bits per heavy atom. The monoisotopic (exact) mass is 283 g/mol. The maximum absolute atomic E-state index is 11.2. The molecule has 1 aliphatic rings. The van der Waals surface area contributed by atoms with Crippen molar-refractivity contribution in [3.63, 3.8) is 0 Å². The van der Waals surface area contributed by atoms with Gasteiger partial charge in [-0.3, -0.25) is 4.79 Å². The van der Waals surface area contributed by atoms with Gasteiger partial charge in [0.15, 0.2) is 11.9 Å². The molecule has 10 heteroatoms. The molecule has 1 aliphatic heterocycles. The summed E-state index contributed by atoms with van der Waals surface area (Å²) < 4.78 is 5.20. The molecule has 1 fully saturated rings. The molecule has 4 atom stereocenters. The number of aliphatic hydroxyl groups is 3. The van der Waals surface area contributed by atoms with Crippen LogP contribution in [0.15, 0.2) is 0 Å². The van der Waals surface area contributed by atoms with Gasteiger partial charge in [0.1, 0.15) is 24.0 Å². The van der Waals surface area contributed by atoms with E-state index in [2.05, 4.69) is 10.2 Å². The number of primary amides is 1. The number of nitrogens with two attached hydrogens (primary N) is 1. The van der Waals surface area contributed by atoms with Crippen molar-refractivity contribution in [3.05, 3.63) is 11.4 Å². The zero-order valence-corrected chi connectivity index (χ0v) is 10.2. The summed E-state index contributed by atoms with van der Waals surface area (Å²) in [5.74, 6) is -0.867. The van der Waals surface area contributed by atoms with Crippen LogP contribution in [0, 0.1) is 11.3 Å². The van der Waals surface area contributed by atoms with Crippen LogP contribution in [0.3, 0.4) is 0 Å². The Morgan fingerprint density at radius 2 is 2.15 bits per heavy atom. The summed E-state index contributed by atoms with van der Waals surface area (Å²) in [5, 5.41) is 44.7. The number of rotatable bonds is 4. The molecule has 1 amide bonds. The van der Waals surface area contributed by atoms with Crippen LogP contribution < -0.4 is 5.73 Å². The van der Waals surface area contributed by atoms with E-state index in [4.69, 9.17) is 20.8 Å². The van der Waals surface area contributed by atoms with E-state index in [1.165, 1.54) is 0 Å². The van der Waals surface area contributed by atoms with Gasteiger partial charge in [-0.05, 0) is 0 Å². The highest BCUT2D eigenvalue weighted by Gasteiger charge is 2.44. The maximum atomic E-state index is 11.2. The topological polar surface area (TPSA) is 168 Å². The molecule has 4 unspecified atom stereocenters. The lowest BCUT2D eigenvalue weighted by atomic mass is 10.1. The van der Waals surface area contributed by atoms with Crippen LogP contribution in [0.2, 0.25) is 0 Å². The first kappa shape index (κ1) is 14.4. The zero-order chi connectivity index (χ0) is 14.9. The van der Waals surface area contributed by atoms with E-state index in [0.29, 0.717) is 0 Å². The van der Waals surface area contributed by atoms with E-state index in [0.717, 1.165) is 4.80 Å². The number of nitrogens with zero attached hydrogens (tertiary/aromatic N) is 4. The number of ether oxygens (including phenoxy) is 1. The predicted octanol–water partition coefficient (Wildman–Crippen LogP) is -2.95. The van der Waals surface area contributed by atoms with Crippen LogP contribution in [0.25, 0.3) is 0 Å².